The summed E-state index contributed by atoms with van der Waals surface area (Å²) in [7, 11) is 2.14. The van der Waals surface area contributed by atoms with Crippen LogP contribution in [0.1, 0.15) is 17.3 Å². The molecule has 16 heavy (non-hydrogen) atoms. The maximum atomic E-state index is 11.3. The third kappa shape index (κ3) is 2.42. The van der Waals surface area contributed by atoms with E-state index in [0.29, 0.717) is 0 Å². The van der Waals surface area contributed by atoms with E-state index in [1.807, 2.05) is 18.2 Å². The van der Waals surface area contributed by atoms with Crippen molar-refractivity contribution in [2.45, 2.75) is 6.92 Å². The Hall–Kier alpha value is -1.35. The van der Waals surface area contributed by atoms with Gasteiger partial charge in [-0.25, -0.2) is 0 Å². The summed E-state index contributed by atoms with van der Waals surface area (Å²) in [4.78, 5) is 16.0. The Morgan fingerprint density at radius 1 is 1.19 bits per heavy atom. The lowest BCUT2D eigenvalue weighted by Gasteiger charge is -2.34. The molecule has 0 atom stereocenters. The molecule has 2 rings (SSSR count). The topological polar surface area (TPSA) is 23.6 Å². The van der Waals surface area contributed by atoms with Gasteiger partial charge in [-0.1, -0.05) is 12.1 Å². The number of rotatable bonds is 2. The number of benzene rings is 1. The van der Waals surface area contributed by atoms with Crippen LogP contribution in [0.15, 0.2) is 24.3 Å². The molecule has 0 N–H and O–H groups in total. The molecule has 0 aromatic heterocycles. The predicted octanol–water partition coefficient (Wildman–Crippen LogP) is 1.64. The maximum Gasteiger partial charge on any atom is 0.159 e. The van der Waals surface area contributed by atoms with Crippen molar-refractivity contribution >= 4 is 11.5 Å². The third-order valence-electron chi connectivity index (χ3n) is 3.12. The standard InChI is InChI=1S/C13H18N2O/c1-11(16)12-4-3-5-13(10-12)15-8-6-14(2)7-9-15/h3-5,10H,6-9H2,1-2H3. The van der Waals surface area contributed by atoms with Gasteiger partial charge in [0.1, 0.15) is 0 Å². The smallest absolute Gasteiger partial charge is 0.159 e. The zero-order valence-corrected chi connectivity index (χ0v) is 9.94. The molecular weight excluding hydrogens is 200 g/mol. The summed E-state index contributed by atoms with van der Waals surface area (Å²) in [6.45, 7) is 5.87. The van der Waals surface area contributed by atoms with Gasteiger partial charge in [0.05, 0.1) is 0 Å². The van der Waals surface area contributed by atoms with Gasteiger partial charge >= 0.3 is 0 Å². The fourth-order valence-electron chi connectivity index (χ4n) is 1.99. The van der Waals surface area contributed by atoms with E-state index in [1.165, 1.54) is 5.69 Å². The molecule has 0 radical (unpaired) electrons. The number of carbonyl (C=O) groups is 1. The zero-order valence-electron chi connectivity index (χ0n) is 9.94. The average molecular weight is 218 g/mol. The minimum absolute atomic E-state index is 0.135. The van der Waals surface area contributed by atoms with E-state index >= 15 is 0 Å². The van der Waals surface area contributed by atoms with E-state index in [2.05, 4.69) is 22.9 Å². The Kier molecular flexibility index (Phi) is 3.25. The van der Waals surface area contributed by atoms with Gasteiger partial charge in [-0.15, -0.1) is 0 Å². The highest BCUT2D eigenvalue weighted by atomic mass is 16.1. The monoisotopic (exact) mass is 218 g/mol. The van der Waals surface area contributed by atoms with Gasteiger partial charge < -0.3 is 9.80 Å². The molecule has 0 unspecified atom stereocenters. The Morgan fingerprint density at radius 3 is 2.50 bits per heavy atom. The van der Waals surface area contributed by atoms with Crippen molar-refractivity contribution in [1.82, 2.24) is 4.90 Å². The molecule has 1 aromatic carbocycles. The lowest BCUT2D eigenvalue weighted by atomic mass is 10.1. The van der Waals surface area contributed by atoms with Crippen LogP contribution in [0.4, 0.5) is 5.69 Å². The fourth-order valence-corrected chi connectivity index (χ4v) is 1.99. The molecule has 1 aromatic rings. The fraction of sp³-hybridized carbons (Fsp3) is 0.462. The van der Waals surface area contributed by atoms with Crippen molar-refractivity contribution < 1.29 is 4.79 Å². The van der Waals surface area contributed by atoms with Gasteiger partial charge in [0.15, 0.2) is 5.78 Å². The molecule has 3 nitrogen and oxygen atoms in total. The zero-order chi connectivity index (χ0) is 11.5. The second-order valence-corrected chi connectivity index (χ2v) is 4.40. The van der Waals surface area contributed by atoms with Crippen LogP contribution in [0.2, 0.25) is 0 Å². The van der Waals surface area contributed by atoms with E-state index in [4.69, 9.17) is 0 Å². The second kappa shape index (κ2) is 4.66. The number of hydrogen-bond acceptors (Lipinski definition) is 3. The van der Waals surface area contributed by atoms with E-state index in [-0.39, 0.29) is 5.78 Å². The minimum atomic E-state index is 0.135. The Bertz CT molecular complexity index is 381. The first-order valence-electron chi connectivity index (χ1n) is 5.71. The summed E-state index contributed by atoms with van der Waals surface area (Å²) in [5.74, 6) is 0.135. The number of hydrogen-bond donors (Lipinski definition) is 0. The van der Waals surface area contributed by atoms with Gasteiger partial charge in [0, 0.05) is 37.4 Å². The number of likely N-dealkylation sites (N-methyl/N-ethyl adjacent to an activating group) is 1. The normalized spacial score (nSPS) is 17.5. The van der Waals surface area contributed by atoms with Gasteiger partial charge in [0.25, 0.3) is 0 Å². The number of nitrogens with zero attached hydrogens (tertiary/aromatic N) is 2. The van der Waals surface area contributed by atoms with Crippen LogP contribution in [0.3, 0.4) is 0 Å². The molecule has 1 fully saturated rings. The molecule has 1 heterocycles. The maximum absolute atomic E-state index is 11.3. The lowest BCUT2D eigenvalue weighted by Crippen LogP contribution is -2.44. The summed E-state index contributed by atoms with van der Waals surface area (Å²) in [5, 5.41) is 0. The Balaban J connectivity index is 2.14. The second-order valence-electron chi connectivity index (χ2n) is 4.40. The quantitative estimate of drug-likeness (QED) is 0.705. The summed E-state index contributed by atoms with van der Waals surface area (Å²) in [6.07, 6.45) is 0. The highest BCUT2D eigenvalue weighted by Crippen LogP contribution is 2.18. The van der Waals surface area contributed by atoms with Crippen LogP contribution in [-0.4, -0.2) is 43.9 Å². The molecule has 0 bridgehead atoms. The van der Waals surface area contributed by atoms with Crippen molar-refractivity contribution in [2.24, 2.45) is 0 Å². The number of anilines is 1. The Morgan fingerprint density at radius 2 is 1.88 bits per heavy atom. The van der Waals surface area contributed by atoms with Crippen molar-refractivity contribution in [1.29, 1.82) is 0 Å². The van der Waals surface area contributed by atoms with Gasteiger partial charge in [0.2, 0.25) is 0 Å². The van der Waals surface area contributed by atoms with Crippen LogP contribution in [0.25, 0.3) is 0 Å². The highest BCUT2D eigenvalue weighted by Gasteiger charge is 2.14. The summed E-state index contributed by atoms with van der Waals surface area (Å²) in [5.41, 5.74) is 1.97. The van der Waals surface area contributed by atoms with Crippen molar-refractivity contribution in [3.63, 3.8) is 0 Å². The minimum Gasteiger partial charge on any atom is -0.369 e. The third-order valence-corrected chi connectivity index (χ3v) is 3.12. The van der Waals surface area contributed by atoms with Crippen LogP contribution in [-0.2, 0) is 0 Å². The number of ketones is 1. The molecule has 0 amide bonds. The first kappa shape index (κ1) is 11.1. The highest BCUT2D eigenvalue weighted by molar-refractivity contribution is 5.94. The lowest BCUT2D eigenvalue weighted by molar-refractivity contribution is 0.101. The molecule has 86 valence electrons. The van der Waals surface area contributed by atoms with Gasteiger partial charge in [-0.05, 0) is 26.1 Å². The van der Waals surface area contributed by atoms with Gasteiger partial charge in [-0.3, -0.25) is 4.79 Å². The molecule has 1 saturated heterocycles. The molecule has 0 spiro atoms. The largest absolute Gasteiger partial charge is 0.369 e. The molecule has 0 aliphatic carbocycles. The van der Waals surface area contributed by atoms with Crippen LogP contribution < -0.4 is 4.90 Å². The van der Waals surface area contributed by atoms with E-state index in [0.717, 1.165) is 31.7 Å². The van der Waals surface area contributed by atoms with Crippen LogP contribution in [0.5, 0.6) is 0 Å². The summed E-state index contributed by atoms with van der Waals surface area (Å²) in [6, 6.07) is 7.91. The molecular formula is C13H18N2O. The first-order valence-corrected chi connectivity index (χ1v) is 5.71. The average Bonchev–Trinajstić information content (AvgIpc) is 2.30. The van der Waals surface area contributed by atoms with Crippen molar-refractivity contribution in [3.8, 4) is 0 Å². The van der Waals surface area contributed by atoms with E-state index in [1.54, 1.807) is 6.92 Å². The van der Waals surface area contributed by atoms with Crippen LogP contribution in [0, 0.1) is 0 Å². The predicted molar refractivity (Wildman–Crippen MR) is 66.2 cm³/mol. The van der Waals surface area contributed by atoms with Gasteiger partial charge in [-0.2, -0.15) is 0 Å². The number of Topliss-reactive ketones (excluding diaryl/α,β-unsaturated/α-hetero) is 1. The SMILES string of the molecule is CC(=O)c1cccc(N2CCN(C)CC2)c1. The molecule has 1 aliphatic rings. The van der Waals surface area contributed by atoms with E-state index < -0.39 is 0 Å². The van der Waals surface area contributed by atoms with Crippen molar-refractivity contribution in [2.75, 3.05) is 38.1 Å². The van der Waals surface area contributed by atoms with E-state index in [9.17, 15) is 4.79 Å². The number of carbonyl (C=O) groups excluding carboxylic acids is 1. The molecule has 3 heteroatoms. The summed E-state index contributed by atoms with van der Waals surface area (Å²) >= 11 is 0. The first-order chi connectivity index (χ1) is 7.66. The van der Waals surface area contributed by atoms with Crippen molar-refractivity contribution in [3.05, 3.63) is 29.8 Å². The van der Waals surface area contributed by atoms with Crippen LogP contribution >= 0.6 is 0 Å². The molecule has 1 aliphatic heterocycles. The number of piperazine rings is 1. The Labute approximate surface area is 96.7 Å². The molecule has 0 saturated carbocycles. The summed E-state index contributed by atoms with van der Waals surface area (Å²) < 4.78 is 0.